The second-order valence-corrected chi connectivity index (χ2v) is 7.53. The molecular weight excluding hydrogens is 416 g/mol. The van der Waals surface area contributed by atoms with Crippen molar-refractivity contribution < 1.29 is 19.5 Å². The number of carboxylic acids is 1. The Bertz CT molecular complexity index is 1410. The van der Waals surface area contributed by atoms with Gasteiger partial charge in [0.05, 0.1) is 16.8 Å². The second kappa shape index (κ2) is 9.28. The van der Waals surface area contributed by atoms with E-state index in [1.54, 1.807) is 54.6 Å². The summed E-state index contributed by atoms with van der Waals surface area (Å²) >= 11 is 0. The first-order chi connectivity index (χ1) is 15.9. The molecule has 3 aromatic carbocycles. The molecule has 0 aliphatic heterocycles. The number of pyridine rings is 1. The highest BCUT2D eigenvalue weighted by Crippen LogP contribution is 2.23. The van der Waals surface area contributed by atoms with Gasteiger partial charge in [0.25, 0.3) is 11.7 Å². The van der Waals surface area contributed by atoms with Crippen LogP contribution in [0.25, 0.3) is 22.6 Å². The minimum atomic E-state index is -1.57. The number of benzene rings is 3. The average molecular weight is 436 g/mol. The van der Waals surface area contributed by atoms with Crippen molar-refractivity contribution in [1.82, 2.24) is 4.98 Å². The summed E-state index contributed by atoms with van der Waals surface area (Å²) in [5.41, 5.74) is 3.50. The molecule has 0 unspecified atom stereocenters. The zero-order chi connectivity index (χ0) is 23.4. The fraction of sp³-hybridized carbons (Fsp3) is 0.0370. The molecule has 1 heterocycles. The van der Waals surface area contributed by atoms with Gasteiger partial charge in [-0.15, -0.1) is 0 Å². The molecule has 6 nitrogen and oxygen atoms in total. The lowest BCUT2D eigenvalue weighted by Gasteiger charge is -2.08. The predicted octanol–water partition coefficient (Wildman–Crippen LogP) is 4.99. The summed E-state index contributed by atoms with van der Waals surface area (Å²) in [5, 5.41) is 13.1. The summed E-state index contributed by atoms with van der Waals surface area (Å²) in [6, 6.07) is 24.8. The molecule has 33 heavy (non-hydrogen) atoms. The van der Waals surface area contributed by atoms with Gasteiger partial charge in [0, 0.05) is 16.6 Å². The molecule has 4 aromatic rings. The largest absolute Gasteiger partial charge is 0.475 e. The number of ketones is 1. The van der Waals surface area contributed by atoms with Crippen LogP contribution in [0.3, 0.4) is 0 Å². The monoisotopic (exact) mass is 436 g/mol. The molecule has 1 amide bonds. The fourth-order valence-electron chi connectivity index (χ4n) is 3.37. The maximum Gasteiger partial charge on any atom is 0.377 e. The Morgan fingerprint density at radius 2 is 1.64 bits per heavy atom. The van der Waals surface area contributed by atoms with Crippen LogP contribution in [0.5, 0.6) is 0 Å². The number of nitrogens with zero attached hydrogens (tertiary/aromatic N) is 1. The van der Waals surface area contributed by atoms with E-state index in [1.807, 2.05) is 37.3 Å². The normalized spacial score (nSPS) is 11.2. The lowest BCUT2D eigenvalue weighted by atomic mass is 10.0. The number of aryl methyl sites for hydroxylation is 1. The van der Waals surface area contributed by atoms with Gasteiger partial charge >= 0.3 is 5.97 Å². The van der Waals surface area contributed by atoms with Crippen molar-refractivity contribution in [3.05, 3.63) is 107 Å². The standard InChI is InChI=1S/C27H20N2O4/c1-17-9-11-20(12-10-17)26(31)28-21-7-4-5-18(15-21)16-22(25(30)27(32)33)24-14-13-19-6-2-3-8-23(19)29-24/h2-16H,1H3,(H,28,31)(H,32,33)/b22-16-. The third-order valence-electron chi connectivity index (χ3n) is 5.08. The van der Waals surface area contributed by atoms with Gasteiger partial charge < -0.3 is 10.4 Å². The van der Waals surface area contributed by atoms with Crippen LogP contribution in [-0.2, 0) is 9.59 Å². The van der Waals surface area contributed by atoms with Crippen LogP contribution in [0.4, 0.5) is 5.69 Å². The number of carbonyl (C=O) groups is 3. The van der Waals surface area contributed by atoms with Crippen molar-refractivity contribution in [3.8, 4) is 0 Å². The molecule has 0 fully saturated rings. The van der Waals surface area contributed by atoms with Crippen LogP contribution in [0.15, 0.2) is 84.9 Å². The highest BCUT2D eigenvalue weighted by atomic mass is 16.4. The van der Waals surface area contributed by atoms with Crippen LogP contribution in [0.1, 0.15) is 27.2 Å². The molecule has 0 radical (unpaired) electrons. The second-order valence-electron chi connectivity index (χ2n) is 7.53. The SMILES string of the molecule is Cc1ccc(C(=O)Nc2cccc(/C=C(\C(=O)C(=O)O)c3ccc4ccccc4n3)c2)cc1. The first-order valence-corrected chi connectivity index (χ1v) is 10.2. The van der Waals surface area contributed by atoms with Gasteiger partial charge in [-0.25, -0.2) is 9.78 Å². The van der Waals surface area contributed by atoms with Gasteiger partial charge in [-0.3, -0.25) is 9.59 Å². The minimum absolute atomic E-state index is 0.0461. The number of para-hydroxylation sites is 1. The topological polar surface area (TPSA) is 96.4 Å². The number of carbonyl (C=O) groups excluding carboxylic acids is 2. The van der Waals surface area contributed by atoms with E-state index in [-0.39, 0.29) is 17.2 Å². The van der Waals surface area contributed by atoms with E-state index in [9.17, 15) is 19.5 Å². The van der Waals surface area contributed by atoms with Gasteiger partial charge in [0.1, 0.15) is 0 Å². The Morgan fingerprint density at radius 3 is 2.39 bits per heavy atom. The molecule has 162 valence electrons. The molecule has 0 aliphatic carbocycles. The number of hydrogen-bond acceptors (Lipinski definition) is 4. The average Bonchev–Trinajstić information content (AvgIpc) is 2.82. The molecule has 1 aromatic heterocycles. The maximum atomic E-state index is 12.5. The van der Waals surface area contributed by atoms with Crippen LogP contribution >= 0.6 is 0 Å². The number of Topliss-reactive ketones (excluding diaryl/α,β-unsaturated/α-hetero) is 1. The van der Waals surface area contributed by atoms with Crippen molar-refractivity contribution in [2.75, 3.05) is 5.32 Å². The molecule has 0 spiro atoms. The van der Waals surface area contributed by atoms with E-state index in [4.69, 9.17) is 0 Å². The van der Waals surface area contributed by atoms with E-state index in [2.05, 4.69) is 10.3 Å². The summed E-state index contributed by atoms with van der Waals surface area (Å²) in [5.74, 6) is -2.90. The van der Waals surface area contributed by atoms with Gasteiger partial charge in [0.15, 0.2) is 0 Å². The molecule has 0 saturated heterocycles. The minimum Gasteiger partial charge on any atom is -0.475 e. The molecule has 4 rings (SSSR count). The van der Waals surface area contributed by atoms with E-state index < -0.39 is 11.8 Å². The van der Waals surface area contributed by atoms with Crippen LogP contribution in [0.2, 0.25) is 0 Å². The Hall–Kier alpha value is -4.58. The van der Waals surface area contributed by atoms with Gasteiger partial charge in [-0.2, -0.15) is 0 Å². The molecule has 6 heteroatoms. The molecule has 0 saturated carbocycles. The first kappa shape index (κ1) is 21.6. The van der Waals surface area contributed by atoms with E-state index in [0.29, 0.717) is 22.3 Å². The number of rotatable bonds is 6. The van der Waals surface area contributed by atoms with Crippen molar-refractivity contribution in [3.63, 3.8) is 0 Å². The van der Waals surface area contributed by atoms with Gasteiger partial charge in [-0.05, 0) is 55.0 Å². The van der Waals surface area contributed by atoms with Crippen molar-refractivity contribution >= 4 is 45.9 Å². The highest BCUT2D eigenvalue weighted by Gasteiger charge is 2.21. The van der Waals surface area contributed by atoms with Crippen LogP contribution in [0, 0.1) is 6.92 Å². The molecule has 0 aliphatic rings. The third-order valence-corrected chi connectivity index (χ3v) is 5.08. The smallest absolute Gasteiger partial charge is 0.377 e. The summed E-state index contributed by atoms with van der Waals surface area (Å²) < 4.78 is 0. The Kier molecular flexibility index (Phi) is 6.09. The van der Waals surface area contributed by atoms with Crippen LogP contribution in [-0.4, -0.2) is 27.8 Å². The number of hydrogen-bond donors (Lipinski definition) is 2. The number of aromatic nitrogens is 1. The fourth-order valence-corrected chi connectivity index (χ4v) is 3.37. The number of anilines is 1. The molecule has 0 bridgehead atoms. The quantitative estimate of drug-likeness (QED) is 0.328. The Balaban J connectivity index is 1.68. The molecular formula is C27H20N2O4. The summed E-state index contributed by atoms with van der Waals surface area (Å²) in [6.45, 7) is 1.94. The molecule has 2 N–H and O–H groups in total. The maximum absolute atomic E-state index is 12.5. The zero-order valence-electron chi connectivity index (χ0n) is 17.8. The number of fused-ring (bicyclic) bond motifs is 1. The summed E-state index contributed by atoms with van der Waals surface area (Å²) in [7, 11) is 0. The van der Waals surface area contributed by atoms with E-state index in [1.165, 1.54) is 6.08 Å². The Morgan fingerprint density at radius 1 is 0.879 bits per heavy atom. The first-order valence-electron chi connectivity index (χ1n) is 10.2. The number of amides is 1. The lowest BCUT2D eigenvalue weighted by Crippen LogP contribution is -2.15. The van der Waals surface area contributed by atoms with Crippen molar-refractivity contribution in [2.45, 2.75) is 6.92 Å². The molecule has 0 atom stereocenters. The Labute approximate surface area is 190 Å². The van der Waals surface area contributed by atoms with E-state index in [0.717, 1.165) is 10.9 Å². The van der Waals surface area contributed by atoms with Gasteiger partial charge in [0.2, 0.25) is 0 Å². The number of nitrogens with one attached hydrogen (secondary N) is 1. The number of carboxylic acid groups (broad SMARTS) is 1. The van der Waals surface area contributed by atoms with Gasteiger partial charge in [-0.1, -0.05) is 54.1 Å². The predicted molar refractivity (Wildman–Crippen MR) is 128 cm³/mol. The van der Waals surface area contributed by atoms with E-state index >= 15 is 0 Å². The highest BCUT2D eigenvalue weighted by molar-refractivity contribution is 6.52. The zero-order valence-corrected chi connectivity index (χ0v) is 17.8. The summed E-state index contributed by atoms with van der Waals surface area (Å²) in [4.78, 5) is 41.0. The van der Waals surface area contributed by atoms with Crippen molar-refractivity contribution in [2.24, 2.45) is 0 Å². The van der Waals surface area contributed by atoms with Crippen LogP contribution < -0.4 is 5.32 Å². The third kappa shape index (κ3) is 5.02. The summed E-state index contributed by atoms with van der Waals surface area (Å²) in [6.07, 6.45) is 1.47. The lowest BCUT2D eigenvalue weighted by molar-refractivity contribution is -0.146. The number of aliphatic carboxylic acids is 1. The van der Waals surface area contributed by atoms with Crippen molar-refractivity contribution in [1.29, 1.82) is 0 Å².